The van der Waals surface area contributed by atoms with Crippen molar-refractivity contribution in [3.63, 3.8) is 0 Å². The van der Waals surface area contributed by atoms with Crippen molar-refractivity contribution in [1.29, 1.82) is 0 Å². The van der Waals surface area contributed by atoms with Crippen LogP contribution in [0.5, 0.6) is 0 Å². The number of benzene rings is 1. The SMILES string of the molecule is CC1(C)CC(NC2CCN(CC(=O)Nc3ccccc3)CC2)CC(C)(C)O1. The molecule has 2 saturated heterocycles. The van der Waals surface area contributed by atoms with E-state index in [1.165, 1.54) is 0 Å². The molecule has 5 heteroatoms. The average molecular weight is 374 g/mol. The van der Waals surface area contributed by atoms with Crippen LogP contribution in [0.1, 0.15) is 53.4 Å². The zero-order chi connectivity index (χ0) is 19.5. The lowest BCUT2D eigenvalue weighted by Crippen LogP contribution is -2.55. The summed E-state index contributed by atoms with van der Waals surface area (Å²) in [5, 5.41) is 6.85. The van der Waals surface area contributed by atoms with Crippen molar-refractivity contribution in [2.45, 2.75) is 76.7 Å². The molecule has 2 heterocycles. The molecule has 0 unspecified atom stereocenters. The number of anilines is 1. The van der Waals surface area contributed by atoms with Gasteiger partial charge >= 0.3 is 0 Å². The lowest BCUT2D eigenvalue weighted by atomic mass is 9.84. The normalized spacial score (nSPS) is 23.9. The van der Waals surface area contributed by atoms with Gasteiger partial charge in [-0.3, -0.25) is 9.69 Å². The number of carbonyl (C=O) groups is 1. The van der Waals surface area contributed by atoms with Crippen molar-refractivity contribution >= 4 is 11.6 Å². The van der Waals surface area contributed by atoms with E-state index in [4.69, 9.17) is 4.74 Å². The van der Waals surface area contributed by atoms with Gasteiger partial charge < -0.3 is 15.4 Å². The van der Waals surface area contributed by atoms with Gasteiger partial charge in [0.1, 0.15) is 0 Å². The Balaban J connectivity index is 1.42. The molecule has 27 heavy (non-hydrogen) atoms. The molecular formula is C22H35N3O2. The maximum Gasteiger partial charge on any atom is 0.238 e. The maximum atomic E-state index is 12.2. The quantitative estimate of drug-likeness (QED) is 0.830. The van der Waals surface area contributed by atoms with Gasteiger partial charge in [-0.25, -0.2) is 0 Å². The molecule has 150 valence electrons. The molecular weight excluding hydrogens is 338 g/mol. The lowest BCUT2D eigenvalue weighted by molar-refractivity contribution is -0.165. The minimum atomic E-state index is -0.0738. The van der Waals surface area contributed by atoms with Gasteiger partial charge in [-0.1, -0.05) is 18.2 Å². The van der Waals surface area contributed by atoms with Crippen molar-refractivity contribution in [3.05, 3.63) is 30.3 Å². The van der Waals surface area contributed by atoms with Crippen molar-refractivity contribution in [2.75, 3.05) is 25.0 Å². The van der Waals surface area contributed by atoms with Gasteiger partial charge in [0.25, 0.3) is 0 Å². The molecule has 5 nitrogen and oxygen atoms in total. The summed E-state index contributed by atoms with van der Waals surface area (Å²) in [4.78, 5) is 14.5. The number of nitrogens with zero attached hydrogens (tertiary/aromatic N) is 1. The Morgan fingerprint density at radius 1 is 1.04 bits per heavy atom. The maximum absolute atomic E-state index is 12.2. The molecule has 0 saturated carbocycles. The number of carbonyl (C=O) groups excluding carboxylic acids is 1. The number of rotatable bonds is 5. The zero-order valence-electron chi connectivity index (χ0n) is 17.3. The Morgan fingerprint density at radius 2 is 1.63 bits per heavy atom. The van der Waals surface area contributed by atoms with Gasteiger partial charge in [0.2, 0.25) is 5.91 Å². The molecule has 2 aliphatic rings. The van der Waals surface area contributed by atoms with Gasteiger partial charge in [0, 0.05) is 30.9 Å². The van der Waals surface area contributed by atoms with E-state index in [-0.39, 0.29) is 17.1 Å². The third kappa shape index (κ3) is 6.30. The Labute approximate surface area is 163 Å². The number of para-hydroxylation sites is 1. The van der Waals surface area contributed by atoms with E-state index in [1.54, 1.807) is 0 Å². The summed E-state index contributed by atoms with van der Waals surface area (Å²) in [5.41, 5.74) is 0.717. The van der Waals surface area contributed by atoms with E-state index in [2.05, 4.69) is 43.2 Å². The van der Waals surface area contributed by atoms with Gasteiger partial charge in [-0.2, -0.15) is 0 Å². The van der Waals surface area contributed by atoms with Crippen LogP contribution in [-0.4, -0.2) is 53.7 Å². The van der Waals surface area contributed by atoms with E-state index >= 15 is 0 Å². The topological polar surface area (TPSA) is 53.6 Å². The van der Waals surface area contributed by atoms with E-state index in [9.17, 15) is 4.79 Å². The highest BCUT2D eigenvalue weighted by atomic mass is 16.5. The van der Waals surface area contributed by atoms with Gasteiger partial charge in [-0.05, 0) is 65.5 Å². The molecule has 0 spiro atoms. The van der Waals surface area contributed by atoms with E-state index < -0.39 is 0 Å². The molecule has 3 rings (SSSR count). The first-order valence-electron chi connectivity index (χ1n) is 10.2. The zero-order valence-corrected chi connectivity index (χ0v) is 17.3. The summed E-state index contributed by atoms with van der Waals surface area (Å²) in [6.07, 6.45) is 4.29. The van der Waals surface area contributed by atoms with Crippen LogP contribution in [0.4, 0.5) is 5.69 Å². The first kappa shape index (κ1) is 20.3. The Kier molecular flexibility index (Phi) is 6.24. The third-order valence-electron chi connectivity index (χ3n) is 5.51. The summed E-state index contributed by atoms with van der Waals surface area (Å²) < 4.78 is 6.20. The molecule has 0 aromatic heterocycles. The number of hydrogen-bond donors (Lipinski definition) is 2. The van der Waals surface area contributed by atoms with Gasteiger partial charge in [0.05, 0.1) is 17.7 Å². The van der Waals surface area contributed by atoms with E-state index in [1.807, 2.05) is 30.3 Å². The van der Waals surface area contributed by atoms with Crippen LogP contribution in [0.25, 0.3) is 0 Å². The molecule has 2 N–H and O–H groups in total. The molecule has 1 aromatic rings. The number of amides is 1. The van der Waals surface area contributed by atoms with Crippen molar-refractivity contribution in [1.82, 2.24) is 10.2 Å². The van der Waals surface area contributed by atoms with Crippen molar-refractivity contribution in [3.8, 4) is 0 Å². The lowest BCUT2D eigenvalue weighted by Gasteiger charge is -2.47. The Morgan fingerprint density at radius 3 is 2.22 bits per heavy atom. The molecule has 2 aliphatic heterocycles. The first-order chi connectivity index (χ1) is 12.7. The van der Waals surface area contributed by atoms with E-state index in [0.29, 0.717) is 18.6 Å². The summed E-state index contributed by atoms with van der Waals surface area (Å²) >= 11 is 0. The molecule has 1 aromatic carbocycles. The summed E-state index contributed by atoms with van der Waals surface area (Å²) in [6, 6.07) is 10.7. The number of ether oxygens (including phenoxy) is 1. The molecule has 0 bridgehead atoms. The van der Waals surface area contributed by atoms with Gasteiger partial charge in [-0.15, -0.1) is 0 Å². The van der Waals surface area contributed by atoms with E-state index in [0.717, 1.165) is 44.5 Å². The second kappa shape index (κ2) is 8.29. The third-order valence-corrected chi connectivity index (χ3v) is 5.51. The highest BCUT2D eigenvalue weighted by Gasteiger charge is 2.40. The molecule has 0 atom stereocenters. The predicted molar refractivity (Wildman–Crippen MR) is 110 cm³/mol. The van der Waals surface area contributed by atoms with Crippen LogP contribution in [0, 0.1) is 0 Å². The summed E-state index contributed by atoms with van der Waals surface area (Å²) in [7, 11) is 0. The van der Waals surface area contributed by atoms with Gasteiger partial charge in [0.15, 0.2) is 0 Å². The van der Waals surface area contributed by atoms with Crippen LogP contribution in [-0.2, 0) is 9.53 Å². The molecule has 0 aliphatic carbocycles. The minimum Gasteiger partial charge on any atom is -0.370 e. The second-order valence-corrected chi connectivity index (χ2v) is 9.36. The number of nitrogens with one attached hydrogen (secondary N) is 2. The largest absolute Gasteiger partial charge is 0.370 e. The fraction of sp³-hybridized carbons (Fsp3) is 0.682. The Bertz CT molecular complexity index is 606. The standard InChI is InChI=1S/C22H35N3O2/c1-21(2)14-19(15-22(3,4)27-21)23-18-10-12-25(13-11-18)16-20(26)24-17-8-6-5-7-9-17/h5-9,18-19,23H,10-16H2,1-4H3,(H,24,26). The molecule has 1 amide bonds. The minimum absolute atomic E-state index is 0.0699. The van der Waals surface area contributed by atoms with Crippen LogP contribution >= 0.6 is 0 Å². The monoisotopic (exact) mass is 373 g/mol. The van der Waals surface area contributed by atoms with Crippen LogP contribution in [0.3, 0.4) is 0 Å². The van der Waals surface area contributed by atoms with Crippen LogP contribution in [0.2, 0.25) is 0 Å². The highest BCUT2D eigenvalue weighted by Crippen LogP contribution is 2.35. The smallest absolute Gasteiger partial charge is 0.238 e. The van der Waals surface area contributed by atoms with Crippen molar-refractivity contribution < 1.29 is 9.53 Å². The van der Waals surface area contributed by atoms with Crippen LogP contribution in [0.15, 0.2) is 30.3 Å². The Hall–Kier alpha value is -1.43. The first-order valence-corrected chi connectivity index (χ1v) is 10.2. The summed E-state index contributed by atoms with van der Waals surface area (Å²) in [5.74, 6) is 0.0699. The number of piperidine rings is 1. The second-order valence-electron chi connectivity index (χ2n) is 9.36. The average Bonchev–Trinajstić information content (AvgIpc) is 2.54. The molecule has 0 radical (unpaired) electrons. The van der Waals surface area contributed by atoms with Crippen LogP contribution < -0.4 is 10.6 Å². The fourth-order valence-electron chi connectivity index (χ4n) is 4.72. The van der Waals surface area contributed by atoms with Crippen molar-refractivity contribution in [2.24, 2.45) is 0 Å². The molecule has 2 fully saturated rings. The summed E-state index contributed by atoms with van der Waals surface area (Å²) in [6.45, 7) is 11.2. The highest BCUT2D eigenvalue weighted by molar-refractivity contribution is 5.92. The predicted octanol–water partition coefficient (Wildman–Crippen LogP) is 3.42. The fourth-order valence-corrected chi connectivity index (χ4v) is 4.72. The number of likely N-dealkylation sites (tertiary alicyclic amines) is 1. The number of hydrogen-bond acceptors (Lipinski definition) is 4.